The molecule has 96 valence electrons. The van der Waals surface area contributed by atoms with E-state index in [0.29, 0.717) is 10.5 Å². The van der Waals surface area contributed by atoms with E-state index in [0.717, 1.165) is 10.9 Å². The summed E-state index contributed by atoms with van der Waals surface area (Å²) >= 11 is 0. The van der Waals surface area contributed by atoms with Crippen molar-refractivity contribution in [3.63, 3.8) is 0 Å². The van der Waals surface area contributed by atoms with E-state index < -0.39 is 9.84 Å². The fraction of sp³-hybridized carbons (Fsp3) is 0.0667. The lowest BCUT2D eigenvalue weighted by Gasteiger charge is -2.05. The van der Waals surface area contributed by atoms with Crippen molar-refractivity contribution >= 4 is 20.8 Å². The lowest BCUT2D eigenvalue weighted by Crippen LogP contribution is -2.01. The van der Waals surface area contributed by atoms with Crippen LogP contribution in [-0.2, 0) is 9.84 Å². The molecule has 1 heterocycles. The summed E-state index contributed by atoms with van der Waals surface area (Å²) in [5, 5.41) is 0.785. The second kappa shape index (κ2) is 4.24. The quantitative estimate of drug-likeness (QED) is 0.716. The molecule has 0 unspecified atom stereocenters. The van der Waals surface area contributed by atoms with E-state index >= 15 is 0 Å². The van der Waals surface area contributed by atoms with Crippen molar-refractivity contribution in [1.29, 1.82) is 0 Å². The summed E-state index contributed by atoms with van der Waals surface area (Å²) in [5.41, 5.74) is 1.71. The topological polar surface area (TPSA) is 47.3 Å². The summed E-state index contributed by atoms with van der Waals surface area (Å²) in [6, 6.07) is 13.5. The van der Waals surface area contributed by atoms with Crippen molar-refractivity contribution in [1.82, 2.24) is 0 Å². The second-order valence-corrected chi connectivity index (χ2v) is 6.39. The zero-order chi connectivity index (χ0) is 13.5. The van der Waals surface area contributed by atoms with Crippen LogP contribution in [-0.4, -0.2) is 8.42 Å². The Morgan fingerprint density at radius 1 is 0.895 bits per heavy atom. The van der Waals surface area contributed by atoms with Gasteiger partial charge in [0, 0.05) is 5.39 Å². The summed E-state index contributed by atoms with van der Waals surface area (Å²) < 4.78 is 30.2. The number of aryl methyl sites for hydroxylation is 1. The highest BCUT2D eigenvalue weighted by atomic mass is 32.2. The Hall–Kier alpha value is -2.07. The minimum atomic E-state index is -3.47. The van der Waals surface area contributed by atoms with Gasteiger partial charge in [-0.2, -0.15) is 0 Å². The molecule has 4 heteroatoms. The van der Waals surface area contributed by atoms with E-state index in [4.69, 9.17) is 4.42 Å². The number of furan rings is 1. The molecule has 0 amide bonds. The van der Waals surface area contributed by atoms with Crippen LogP contribution < -0.4 is 0 Å². The molecule has 3 nitrogen and oxygen atoms in total. The molecule has 0 atom stereocenters. The SMILES string of the molecule is Cc1ccc(S(=O)(=O)c2ccc3occc3c2)cc1. The third kappa shape index (κ3) is 2.04. The van der Waals surface area contributed by atoms with Crippen LogP contribution in [0.4, 0.5) is 0 Å². The summed E-state index contributed by atoms with van der Waals surface area (Å²) in [7, 11) is -3.47. The highest BCUT2D eigenvalue weighted by molar-refractivity contribution is 7.91. The van der Waals surface area contributed by atoms with E-state index in [9.17, 15) is 8.42 Å². The summed E-state index contributed by atoms with van der Waals surface area (Å²) in [5.74, 6) is 0. The highest BCUT2D eigenvalue weighted by Gasteiger charge is 2.17. The standard InChI is InChI=1S/C15H12O3S/c1-11-2-4-13(5-3-11)19(16,17)14-6-7-15-12(10-14)8-9-18-15/h2-10H,1H3. The average Bonchev–Trinajstić information content (AvgIpc) is 2.86. The lowest BCUT2D eigenvalue weighted by molar-refractivity contribution is 0.596. The first-order valence-electron chi connectivity index (χ1n) is 5.86. The van der Waals surface area contributed by atoms with Crippen molar-refractivity contribution in [2.45, 2.75) is 16.7 Å². The first-order chi connectivity index (χ1) is 9.07. The van der Waals surface area contributed by atoms with Gasteiger partial charge in [0.1, 0.15) is 5.58 Å². The van der Waals surface area contributed by atoms with Crippen LogP contribution >= 0.6 is 0 Å². The molecular weight excluding hydrogens is 260 g/mol. The average molecular weight is 272 g/mol. The largest absolute Gasteiger partial charge is 0.464 e. The van der Waals surface area contributed by atoms with E-state index in [-0.39, 0.29) is 4.90 Å². The minimum absolute atomic E-state index is 0.283. The molecule has 2 aromatic carbocycles. The molecule has 0 aliphatic carbocycles. The van der Waals surface area contributed by atoms with Crippen LogP contribution in [0.2, 0.25) is 0 Å². The molecule has 19 heavy (non-hydrogen) atoms. The molecule has 0 fully saturated rings. The summed E-state index contributed by atoms with van der Waals surface area (Å²) in [6.07, 6.45) is 1.55. The van der Waals surface area contributed by atoms with Crippen LogP contribution in [0, 0.1) is 6.92 Å². The van der Waals surface area contributed by atoms with Gasteiger partial charge in [-0.25, -0.2) is 8.42 Å². The minimum Gasteiger partial charge on any atom is -0.464 e. The number of rotatable bonds is 2. The number of sulfone groups is 1. The van der Waals surface area contributed by atoms with Crippen molar-refractivity contribution in [3.05, 3.63) is 60.4 Å². The van der Waals surface area contributed by atoms with E-state index in [1.807, 2.05) is 6.92 Å². The Morgan fingerprint density at radius 3 is 2.32 bits per heavy atom. The molecule has 1 aromatic heterocycles. The van der Waals surface area contributed by atoms with Crippen molar-refractivity contribution in [2.24, 2.45) is 0 Å². The third-order valence-electron chi connectivity index (χ3n) is 3.07. The monoisotopic (exact) mass is 272 g/mol. The van der Waals surface area contributed by atoms with Crippen LogP contribution in [0.3, 0.4) is 0 Å². The number of hydrogen-bond donors (Lipinski definition) is 0. The Balaban J connectivity index is 2.15. The maximum Gasteiger partial charge on any atom is 0.206 e. The first-order valence-corrected chi connectivity index (χ1v) is 7.35. The van der Waals surface area contributed by atoms with Crippen molar-refractivity contribution in [2.75, 3.05) is 0 Å². The fourth-order valence-electron chi connectivity index (χ4n) is 1.97. The van der Waals surface area contributed by atoms with E-state index in [2.05, 4.69) is 0 Å². The normalized spacial score (nSPS) is 11.8. The zero-order valence-corrected chi connectivity index (χ0v) is 11.1. The van der Waals surface area contributed by atoms with E-state index in [1.54, 1.807) is 54.8 Å². The molecule has 0 radical (unpaired) electrons. The van der Waals surface area contributed by atoms with Crippen molar-refractivity contribution < 1.29 is 12.8 Å². The van der Waals surface area contributed by atoms with Crippen LogP contribution in [0.25, 0.3) is 11.0 Å². The third-order valence-corrected chi connectivity index (χ3v) is 4.83. The first kappa shape index (κ1) is 12.0. The summed E-state index contributed by atoms with van der Waals surface area (Å²) in [4.78, 5) is 0.589. The molecule has 0 spiro atoms. The maximum atomic E-state index is 12.5. The van der Waals surface area contributed by atoms with Gasteiger partial charge in [0.15, 0.2) is 0 Å². The molecule has 0 aliphatic heterocycles. The van der Waals surface area contributed by atoms with Gasteiger partial charge < -0.3 is 4.42 Å². The van der Waals surface area contributed by atoms with Gasteiger partial charge in [-0.15, -0.1) is 0 Å². The van der Waals surface area contributed by atoms with Crippen LogP contribution in [0.5, 0.6) is 0 Å². The predicted octanol–water partition coefficient (Wildman–Crippen LogP) is 3.57. The van der Waals surface area contributed by atoms with Crippen LogP contribution in [0.15, 0.2) is 69.0 Å². The second-order valence-electron chi connectivity index (χ2n) is 4.44. The van der Waals surface area contributed by atoms with Gasteiger partial charge in [-0.1, -0.05) is 17.7 Å². The molecule has 3 aromatic rings. The Kier molecular flexibility index (Phi) is 2.68. The van der Waals surface area contributed by atoms with Gasteiger partial charge in [0.05, 0.1) is 16.1 Å². The van der Waals surface area contributed by atoms with Gasteiger partial charge in [0.2, 0.25) is 9.84 Å². The fourth-order valence-corrected chi connectivity index (χ4v) is 3.26. The molecule has 3 rings (SSSR count). The Bertz CT molecular complexity index is 827. The highest BCUT2D eigenvalue weighted by Crippen LogP contribution is 2.25. The maximum absolute atomic E-state index is 12.5. The lowest BCUT2D eigenvalue weighted by atomic mass is 10.2. The van der Waals surface area contributed by atoms with Crippen LogP contribution in [0.1, 0.15) is 5.56 Å². The molecule has 0 aliphatic rings. The molecule has 0 saturated heterocycles. The van der Waals surface area contributed by atoms with Gasteiger partial charge >= 0.3 is 0 Å². The number of fused-ring (bicyclic) bond motifs is 1. The Morgan fingerprint density at radius 2 is 1.58 bits per heavy atom. The number of hydrogen-bond acceptors (Lipinski definition) is 3. The molecular formula is C15H12O3S. The van der Waals surface area contributed by atoms with Crippen molar-refractivity contribution in [3.8, 4) is 0 Å². The van der Waals surface area contributed by atoms with Gasteiger partial charge in [-0.3, -0.25) is 0 Å². The smallest absolute Gasteiger partial charge is 0.206 e. The van der Waals surface area contributed by atoms with E-state index in [1.165, 1.54) is 0 Å². The Labute approximate surface area is 111 Å². The predicted molar refractivity (Wildman–Crippen MR) is 72.8 cm³/mol. The zero-order valence-electron chi connectivity index (χ0n) is 10.3. The van der Waals surface area contributed by atoms with Gasteiger partial charge in [-0.05, 0) is 43.3 Å². The molecule has 0 bridgehead atoms. The summed E-state index contributed by atoms with van der Waals surface area (Å²) in [6.45, 7) is 1.92. The molecule has 0 saturated carbocycles. The van der Waals surface area contributed by atoms with Gasteiger partial charge in [0.25, 0.3) is 0 Å². The molecule has 0 N–H and O–H groups in total. The number of benzene rings is 2.